The number of methoxy groups -OCH3 is 2. The topological polar surface area (TPSA) is 89.0 Å². The molecule has 1 atom stereocenters. The molecule has 34 heavy (non-hydrogen) atoms. The number of Topliss-reactive ketones (excluding diaryl/α,β-unsaturated/α-hetero) is 1. The van der Waals surface area contributed by atoms with Crippen molar-refractivity contribution in [2.45, 2.75) is 19.9 Å². The SMILES string of the molecule is COc1cc(OC)c(/C(O)=C2\C(=O)C(=O)N(c3cccc(C)c3C)C2c2cccnc2)cc1Cl. The van der Waals surface area contributed by atoms with Crippen LogP contribution in [0.2, 0.25) is 5.02 Å². The lowest BCUT2D eigenvalue weighted by molar-refractivity contribution is -0.132. The molecule has 2 aromatic carbocycles. The van der Waals surface area contributed by atoms with Gasteiger partial charge in [0.2, 0.25) is 0 Å². The number of aliphatic hydroxyl groups is 1. The average Bonchev–Trinajstić information content (AvgIpc) is 3.11. The van der Waals surface area contributed by atoms with Crippen molar-refractivity contribution in [1.29, 1.82) is 0 Å². The summed E-state index contributed by atoms with van der Waals surface area (Å²) in [4.78, 5) is 32.3. The summed E-state index contributed by atoms with van der Waals surface area (Å²) in [5.74, 6) is -1.39. The van der Waals surface area contributed by atoms with Crippen molar-refractivity contribution in [2.24, 2.45) is 0 Å². The fourth-order valence-electron chi connectivity index (χ4n) is 4.12. The molecule has 1 fully saturated rings. The molecule has 0 saturated carbocycles. The van der Waals surface area contributed by atoms with Crippen molar-refractivity contribution in [2.75, 3.05) is 19.1 Å². The minimum Gasteiger partial charge on any atom is -0.507 e. The molecule has 3 aromatic rings. The van der Waals surface area contributed by atoms with Crippen LogP contribution in [0.25, 0.3) is 5.76 Å². The summed E-state index contributed by atoms with van der Waals surface area (Å²) in [6, 6.07) is 11.1. The van der Waals surface area contributed by atoms with Crippen molar-refractivity contribution in [3.05, 3.63) is 87.7 Å². The summed E-state index contributed by atoms with van der Waals surface area (Å²) in [6.07, 6.45) is 3.17. The van der Waals surface area contributed by atoms with E-state index in [0.29, 0.717) is 17.0 Å². The highest BCUT2D eigenvalue weighted by Crippen LogP contribution is 2.45. The van der Waals surface area contributed by atoms with Gasteiger partial charge in [-0.1, -0.05) is 29.8 Å². The van der Waals surface area contributed by atoms with Crippen LogP contribution >= 0.6 is 11.6 Å². The summed E-state index contributed by atoms with van der Waals surface area (Å²) in [5.41, 5.74) is 3.05. The minimum absolute atomic E-state index is 0.0848. The van der Waals surface area contributed by atoms with Gasteiger partial charge in [0.1, 0.15) is 17.3 Å². The number of hydrogen-bond acceptors (Lipinski definition) is 6. The van der Waals surface area contributed by atoms with Crippen LogP contribution in [0, 0.1) is 13.8 Å². The lowest BCUT2D eigenvalue weighted by atomic mass is 9.95. The number of aliphatic hydroxyl groups excluding tert-OH is 1. The van der Waals surface area contributed by atoms with Crippen LogP contribution in [0.15, 0.2) is 60.4 Å². The summed E-state index contributed by atoms with van der Waals surface area (Å²) >= 11 is 6.30. The fourth-order valence-corrected chi connectivity index (χ4v) is 4.36. The smallest absolute Gasteiger partial charge is 0.300 e. The van der Waals surface area contributed by atoms with E-state index in [2.05, 4.69) is 4.98 Å². The molecule has 7 nitrogen and oxygen atoms in total. The maximum absolute atomic E-state index is 13.4. The number of aromatic nitrogens is 1. The van der Waals surface area contributed by atoms with Gasteiger partial charge in [0, 0.05) is 24.1 Å². The largest absolute Gasteiger partial charge is 0.507 e. The number of ketones is 1. The highest BCUT2D eigenvalue weighted by atomic mass is 35.5. The van der Waals surface area contributed by atoms with Gasteiger partial charge in [-0.15, -0.1) is 0 Å². The zero-order chi connectivity index (χ0) is 24.6. The molecular formula is C26H23ClN2O5. The van der Waals surface area contributed by atoms with E-state index in [1.165, 1.54) is 31.3 Å². The molecule has 0 aliphatic carbocycles. The van der Waals surface area contributed by atoms with E-state index in [1.807, 2.05) is 26.0 Å². The Labute approximate surface area is 202 Å². The number of rotatable bonds is 5. The van der Waals surface area contributed by atoms with Crippen molar-refractivity contribution < 1.29 is 24.2 Å². The first-order valence-corrected chi connectivity index (χ1v) is 10.9. The number of nitrogens with zero attached hydrogens (tertiary/aromatic N) is 2. The van der Waals surface area contributed by atoms with Crippen LogP contribution < -0.4 is 14.4 Å². The third-order valence-electron chi connectivity index (χ3n) is 6.01. The molecule has 1 amide bonds. The van der Waals surface area contributed by atoms with Gasteiger partial charge in [0.25, 0.3) is 11.7 Å². The molecule has 174 valence electrons. The van der Waals surface area contributed by atoms with Crippen LogP contribution in [0.1, 0.15) is 28.3 Å². The van der Waals surface area contributed by atoms with E-state index in [9.17, 15) is 14.7 Å². The summed E-state index contributed by atoms with van der Waals surface area (Å²) in [5, 5.41) is 11.6. The Balaban J connectivity index is 2.01. The van der Waals surface area contributed by atoms with Gasteiger partial charge in [0.05, 0.1) is 36.4 Å². The second kappa shape index (κ2) is 9.19. The van der Waals surface area contributed by atoms with E-state index in [4.69, 9.17) is 21.1 Å². The second-order valence-electron chi connectivity index (χ2n) is 7.86. The summed E-state index contributed by atoms with van der Waals surface area (Å²) in [7, 11) is 2.88. The van der Waals surface area contributed by atoms with Gasteiger partial charge in [-0.3, -0.25) is 19.5 Å². The molecule has 1 aliphatic rings. The number of anilines is 1. The normalized spacial score (nSPS) is 17.2. The molecule has 1 saturated heterocycles. The Kier molecular flexibility index (Phi) is 6.30. The van der Waals surface area contributed by atoms with Gasteiger partial charge in [-0.25, -0.2) is 0 Å². The lowest BCUT2D eigenvalue weighted by Crippen LogP contribution is -2.30. The van der Waals surface area contributed by atoms with E-state index in [-0.39, 0.29) is 21.9 Å². The van der Waals surface area contributed by atoms with Gasteiger partial charge in [-0.05, 0) is 48.7 Å². The molecule has 1 aromatic heterocycles. The number of benzene rings is 2. The quantitative estimate of drug-likeness (QED) is 0.315. The molecule has 0 spiro atoms. The predicted molar refractivity (Wildman–Crippen MR) is 129 cm³/mol. The van der Waals surface area contributed by atoms with Gasteiger partial charge < -0.3 is 14.6 Å². The van der Waals surface area contributed by atoms with Crippen LogP contribution in [-0.2, 0) is 9.59 Å². The van der Waals surface area contributed by atoms with Gasteiger partial charge >= 0.3 is 0 Å². The van der Waals surface area contributed by atoms with Crippen molar-refractivity contribution >= 4 is 34.7 Å². The van der Waals surface area contributed by atoms with Gasteiger partial charge in [-0.2, -0.15) is 0 Å². The summed E-state index contributed by atoms with van der Waals surface area (Å²) < 4.78 is 10.6. The number of aryl methyl sites for hydroxylation is 1. The van der Waals surface area contributed by atoms with E-state index >= 15 is 0 Å². The third-order valence-corrected chi connectivity index (χ3v) is 6.30. The Bertz CT molecular complexity index is 1320. The van der Waals surface area contributed by atoms with Crippen molar-refractivity contribution in [3.8, 4) is 11.5 Å². The zero-order valence-corrected chi connectivity index (χ0v) is 19.9. The highest BCUT2D eigenvalue weighted by Gasteiger charge is 2.47. The molecule has 8 heteroatoms. The second-order valence-corrected chi connectivity index (χ2v) is 8.27. The van der Waals surface area contributed by atoms with Crippen LogP contribution in [0.5, 0.6) is 11.5 Å². The lowest BCUT2D eigenvalue weighted by Gasteiger charge is -2.27. The highest BCUT2D eigenvalue weighted by molar-refractivity contribution is 6.52. The zero-order valence-electron chi connectivity index (χ0n) is 19.1. The Morgan fingerprint density at radius 2 is 1.79 bits per heavy atom. The molecule has 1 unspecified atom stereocenters. The maximum Gasteiger partial charge on any atom is 0.300 e. The van der Waals surface area contributed by atoms with E-state index in [0.717, 1.165) is 11.1 Å². The Morgan fingerprint density at radius 3 is 2.44 bits per heavy atom. The third kappa shape index (κ3) is 3.78. The molecular weight excluding hydrogens is 456 g/mol. The first-order valence-electron chi connectivity index (χ1n) is 10.5. The number of carbonyl (C=O) groups excluding carboxylic acids is 2. The first kappa shape index (κ1) is 23.3. The monoisotopic (exact) mass is 478 g/mol. The minimum atomic E-state index is -0.903. The molecule has 2 heterocycles. The number of hydrogen-bond donors (Lipinski definition) is 1. The number of ether oxygens (including phenoxy) is 2. The number of halogens is 1. The predicted octanol–water partition coefficient (Wildman–Crippen LogP) is 5.00. The van der Waals surface area contributed by atoms with Gasteiger partial charge in [0.15, 0.2) is 0 Å². The molecule has 4 rings (SSSR count). The Hall–Kier alpha value is -3.84. The van der Waals surface area contributed by atoms with Crippen LogP contribution in [-0.4, -0.2) is 36.0 Å². The van der Waals surface area contributed by atoms with Crippen LogP contribution in [0.3, 0.4) is 0 Å². The Morgan fingerprint density at radius 1 is 1.06 bits per heavy atom. The first-order chi connectivity index (χ1) is 16.3. The average molecular weight is 479 g/mol. The van der Waals surface area contributed by atoms with E-state index in [1.54, 1.807) is 30.6 Å². The molecule has 1 aliphatic heterocycles. The fraction of sp³-hybridized carbons (Fsp3) is 0.192. The molecule has 1 N–H and O–H groups in total. The standard InChI is InChI=1S/C26H23ClN2O5/c1-14-7-5-9-19(15(14)2)29-23(16-8-6-10-28-13-16)22(25(31)26(29)32)24(30)17-11-18(27)21(34-4)12-20(17)33-3/h5-13,23,30H,1-4H3/b24-22+. The molecule has 0 bridgehead atoms. The number of carbonyl (C=O) groups is 2. The van der Waals surface area contributed by atoms with Crippen LogP contribution in [0.4, 0.5) is 5.69 Å². The summed E-state index contributed by atoms with van der Waals surface area (Å²) in [6.45, 7) is 3.81. The number of pyridine rings is 1. The van der Waals surface area contributed by atoms with E-state index < -0.39 is 23.5 Å². The molecule has 0 radical (unpaired) electrons. The number of amides is 1. The van der Waals surface area contributed by atoms with Crippen molar-refractivity contribution in [3.63, 3.8) is 0 Å². The van der Waals surface area contributed by atoms with Crippen molar-refractivity contribution in [1.82, 2.24) is 4.98 Å². The maximum atomic E-state index is 13.4.